The fourth-order valence-corrected chi connectivity index (χ4v) is 1.23. The second-order valence-electron chi connectivity index (χ2n) is 4.01. The third-order valence-corrected chi connectivity index (χ3v) is 2.25. The quantitative estimate of drug-likeness (QED) is 0.466. The van der Waals surface area contributed by atoms with E-state index < -0.39 is 17.9 Å². The largest absolute Gasteiger partial charge is 0.481 e. The van der Waals surface area contributed by atoms with E-state index in [0.717, 1.165) is 12.8 Å². The summed E-state index contributed by atoms with van der Waals surface area (Å²) in [5.74, 6) is -1.68. The van der Waals surface area contributed by atoms with Crippen LogP contribution >= 0.6 is 0 Å². The van der Waals surface area contributed by atoms with Crippen molar-refractivity contribution in [3.05, 3.63) is 0 Å². The molecule has 0 bridgehead atoms. The number of methoxy groups -OCH3 is 1. The van der Waals surface area contributed by atoms with Crippen LogP contribution in [0.5, 0.6) is 0 Å². The van der Waals surface area contributed by atoms with Crippen LogP contribution in [0, 0.1) is 0 Å². The Morgan fingerprint density at radius 2 is 1.80 bits per heavy atom. The number of aliphatic carboxylic acids is 1. The topological polar surface area (TPSA) is 114 Å². The van der Waals surface area contributed by atoms with E-state index >= 15 is 0 Å². The van der Waals surface area contributed by atoms with Gasteiger partial charge in [0.1, 0.15) is 0 Å². The molecule has 0 aliphatic rings. The summed E-state index contributed by atoms with van der Waals surface area (Å²) >= 11 is 0. The molecule has 20 heavy (non-hydrogen) atoms. The van der Waals surface area contributed by atoms with E-state index in [9.17, 15) is 14.4 Å². The number of carboxylic acid groups (broad SMARTS) is 1. The summed E-state index contributed by atoms with van der Waals surface area (Å²) < 4.78 is 10.1. The molecule has 0 aromatic rings. The Hall–Kier alpha value is -1.67. The molecule has 3 N–H and O–H groups in total. The zero-order chi connectivity index (χ0) is 15.2. The fourth-order valence-electron chi connectivity index (χ4n) is 1.23. The standard InChI is InChI=1S/C12H22N2O6/c1-19-8-9-20-7-3-2-6-13-12(18)14-10(15)4-5-11(16)17/h2-9H2,1H3,(H,16,17)(H2,13,14,15,18). The maximum atomic E-state index is 11.2. The number of ether oxygens (including phenoxy) is 2. The van der Waals surface area contributed by atoms with E-state index in [-0.39, 0.29) is 12.8 Å². The summed E-state index contributed by atoms with van der Waals surface area (Å²) in [6.45, 7) is 2.11. The number of imide groups is 1. The van der Waals surface area contributed by atoms with Crippen LogP contribution in [0.15, 0.2) is 0 Å². The van der Waals surface area contributed by atoms with Crippen LogP contribution in [0.25, 0.3) is 0 Å². The number of amides is 3. The molecule has 116 valence electrons. The molecule has 0 aromatic carbocycles. The normalized spacial score (nSPS) is 10.1. The lowest BCUT2D eigenvalue weighted by Gasteiger charge is -2.06. The maximum Gasteiger partial charge on any atom is 0.321 e. The summed E-state index contributed by atoms with van der Waals surface area (Å²) in [5.41, 5.74) is 0. The van der Waals surface area contributed by atoms with E-state index in [1.165, 1.54) is 0 Å². The fraction of sp³-hybridized carbons (Fsp3) is 0.750. The van der Waals surface area contributed by atoms with Gasteiger partial charge in [-0.3, -0.25) is 14.9 Å². The van der Waals surface area contributed by atoms with Gasteiger partial charge in [-0.05, 0) is 12.8 Å². The Kier molecular flexibility index (Phi) is 11.3. The molecule has 0 atom stereocenters. The Bertz CT molecular complexity index is 308. The van der Waals surface area contributed by atoms with Crippen LogP contribution < -0.4 is 10.6 Å². The average Bonchev–Trinajstić information content (AvgIpc) is 2.39. The molecule has 0 spiro atoms. The Morgan fingerprint density at radius 1 is 1.05 bits per heavy atom. The highest BCUT2D eigenvalue weighted by Gasteiger charge is 2.08. The third kappa shape index (κ3) is 12.8. The lowest BCUT2D eigenvalue weighted by atomic mass is 10.3. The highest BCUT2D eigenvalue weighted by atomic mass is 16.5. The van der Waals surface area contributed by atoms with Gasteiger partial charge in [0, 0.05) is 26.7 Å². The monoisotopic (exact) mass is 290 g/mol. The first-order chi connectivity index (χ1) is 9.56. The highest BCUT2D eigenvalue weighted by Crippen LogP contribution is 1.90. The van der Waals surface area contributed by atoms with Crippen molar-refractivity contribution < 1.29 is 29.0 Å². The van der Waals surface area contributed by atoms with Crippen LogP contribution in [0.3, 0.4) is 0 Å². The Morgan fingerprint density at radius 3 is 2.45 bits per heavy atom. The summed E-state index contributed by atoms with van der Waals surface area (Å²) in [6.07, 6.45) is 1.01. The van der Waals surface area contributed by atoms with E-state index in [1.54, 1.807) is 7.11 Å². The van der Waals surface area contributed by atoms with Gasteiger partial charge in [0.05, 0.1) is 19.6 Å². The number of carbonyl (C=O) groups excluding carboxylic acids is 2. The number of carboxylic acids is 1. The first-order valence-corrected chi connectivity index (χ1v) is 6.42. The minimum atomic E-state index is -1.07. The Labute approximate surface area is 117 Å². The smallest absolute Gasteiger partial charge is 0.321 e. The molecule has 0 saturated carbocycles. The van der Waals surface area contributed by atoms with E-state index in [1.807, 2.05) is 0 Å². The number of carbonyl (C=O) groups is 3. The van der Waals surface area contributed by atoms with Gasteiger partial charge in [-0.15, -0.1) is 0 Å². The van der Waals surface area contributed by atoms with Crippen LogP contribution in [-0.4, -0.2) is 56.5 Å². The zero-order valence-corrected chi connectivity index (χ0v) is 11.6. The lowest BCUT2D eigenvalue weighted by molar-refractivity contribution is -0.138. The predicted octanol–water partition coefficient (Wildman–Crippen LogP) is 0.120. The number of unbranched alkanes of at least 4 members (excludes halogenated alkanes) is 1. The van der Waals surface area contributed by atoms with E-state index in [0.29, 0.717) is 26.4 Å². The molecule has 0 heterocycles. The minimum absolute atomic E-state index is 0.212. The zero-order valence-electron chi connectivity index (χ0n) is 11.6. The van der Waals surface area contributed by atoms with E-state index in [4.69, 9.17) is 14.6 Å². The molecule has 0 aromatic heterocycles. The van der Waals surface area contributed by atoms with Crippen molar-refractivity contribution in [2.45, 2.75) is 25.7 Å². The van der Waals surface area contributed by atoms with Crippen LogP contribution in [0.1, 0.15) is 25.7 Å². The number of nitrogens with one attached hydrogen (secondary N) is 2. The molecule has 8 heteroatoms. The van der Waals surface area contributed by atoms with Crippen molar-refractivity contribution in [2.24, 2.45) is 0 Å². The molecule has 3 amide bonds. The maximum absolute atomic E-state index is 11.2. The summed E-state index contributed by atoms with van der Waals surface area (Å²) in [5, 5.41) is 12.9. The van der Waals surface area contributed by atoms with Gasteiger partial charge < -0.3 is 19.9 Å². The molecule has 0 fully saturated rings. The van der Waals surface area contributed by atoms with Crippen molar-refractivity contribution >= 4 is 17.9 Å². The van der Waals surface area contributed by atoms with Gasteiger partial charge in [-0.1, -0.05) is 0 Å². The molecule has 8 nitrogen and oxygen atoms in total. The summed E-state index contributed by atoms with van der Waals surface area (Å²) in [4.78, 5) is 32.6. The predicted molar refractivity (Wildman–Crippen MR) is 70.3 cm³/mol. The van der Waals surface area contributed by atoms with E-state index in [2.05, 4.69) is 10.6 Å². The molecule has 0 rings (SSSR count). The summed E-state index contributed by atoms with van der Waals surface area (Å²) in [7, 11) is 1.60. The molecular formula is C12H22N2O6. The van der Waals surface area contributed by atoms with Gasteiger partial charge in [0.25, 0.3) is 0 Å². The van der Waals surface area contributed by atoms with Crippen molar-refractivity contribution in [3.63, 3.8) is 0 Å². The second kappa shape index (κ2) is 12.4. The van der Waals surface area contributed by atoms with Crippen molar-refractivity contribution in [2.75, 3.05) is 33.5 Å². The summed E-state index contributed by atoms with van der Waals surface area (Å²) in [6, 6.07) is -0.610. The number of hydrogen-bond donors (Lipinski definition) is 3. The third-order valence-electron chi connectivity index (χ3n) is 2.25. The Balaban J connectivity index is 3.40. The SMILES string of the molecule is COCCOCCCCNC(=O)NC(=O)CCC(=O)O. The first-order valence-electron chi connectivity index (χ1n) is 6.42. The number of hydrogen-bond acceptors (Lipinski definition) is 5. The van der Waals surface area contributed by atoms with Gasteiger partial charge in [-0.2, -0.15) is 0 Å². The molecule has 0 unspecified atom stereocenters. The van der Waals surface area contributed by atoms with Gasteiger partial charge in [-0.25, -0.2) is 4.79 Å². The highest BCUT2D eigenvalue weighted by molar-refractivity contribution is 5.95. The molecule has 0 aliphatic carbocycles. The van der Waals surface area contributed by atoms with Crippen molar-refractivity contribution in [1.29, 1.82) is 0 Å². The van der Waals surface area contributed by atoms with Gasteiger partial charge >= 0.3 is 12.0 Å². The van der Waals surface area contributed by atoms with Crippen molar-refractivity contribution in [1.82, 2.24) is 10.6 Å². The lowest BCUT2D eigenvalue weighted by Crippen LogP contribution is -2.39. The van der Waals surface area contributed by atoms with Crippen molar-refractivity contribution in [3.8, 4) is 0 Å². The van der Waals surface area contributed by atoms with Gasteiger partial charge in [0.2, 0.25) is 5.91 Å². The first kappa shape index (κ1) is 18.3. The number of urea groups is 1. The second-order valence-corrected chi connectivity index (χ2v) is 4.01. The average molecular weight is 290 g/mol. The van der Waals surface area contributed by atoms with Crippen LogP contribution in [0.2, 0.25) is 0 Å². The molecule has 0 radical (unpaired) electrons. The minimum Gasteiger partial charge on any atom is -0.481 e. The number of rotatable bonds is 11. The molecular weight excluding hydrogens is 268 g/mol. The van der Waals surface area contributed by atoms with Gasteiger partial charge in [0.15, 0.2) is 0 Å². The van der Waals surface area contributed by atoms with Crippen LogP contribution in [-0.2, 0) is 19.1 Å². The molecule has 0 aliphatic heterocycles. The molecule has 0 saturated heterocycles. The van der Waals surface area contributed by atoms with Crippen LogP contribution in [0.4, 0.5) is 4.79 Å².